The van der Waals surface area contributed by atoms with Crippen LogP contribution in [0, 0.1) is 0 Å². The highest BCUT2D eigenvalue weighted by atomic mass is 19.4. The molecule has 4 aromatic heterocycles. The SMILES string of the molecule is O=c1nccccc1Nc1nc2c(C(F)(F)F)cccc2c2nc(-c3cnn(C4CC4)c3)nn12. The number of aromatic nitrogens is 7. The fourth-order valence-corrected chi connectivity index (χ4v) is 3.72. The number of rotatable bonds is 4. The quantitative estimate of drug-likeness (QED) is 0.429. The maximum Gasteiger partial charge on any atom is 0.418 e. The summed E-state index contributed by atoms with van der Waals surface area (Å²) in [5.41, 5.74) is -1.01. The van der Waals surface area contributed by atoms with Crippen molar-refractivity contribution in [2.75, 3.05) is 5.32 Å². The van der Waals surface area contributed by atoms with Crippen LogP contribution in [0.25, 0.3) is 27.9 Å². The molecule has 0 atom stereocenters. The molecule has 0 saturated heterocycles. The molecule has 170 valence electrons. The van der Waals surface area contributed by atoms with Crippen molar-refractivity contribution in [3.05, 3.63) is 70.9 Å². The van der Waals surface area contributed by atoms with Gasteiger partial charge in [-0.15, -0.1) is 5.10 Å². The Labute approximate surface area is 188 Å². The van der Waals surface area contributed by atoms with E-state index in [9.17, 15) is 18.0 Å². The van der Waals surface area contributed by atoms with Crippen LogP contribution >= 0.6 is 0 Å². The van der Waals surface area contributed by atoms with E-state index in [1.165, 1.54) is 28.9 Å². The number of hydrogen-bond acceptors (Lipinski definition) is 7. The lowest BCUT2D eigenvalue weighted by Gasteiger charge is -2.12. The summed E-state index contributed by atoms with van der Waals surface area (Å²) >= 11 is 0. The molecule has 1 aromatic carbocycles. The summed E-state index contributed by atoms with van der Waals surface area (Å²) in [4.78, 5) is 24.8. The fraction of sp³-hybridized carbons (Fsp3) is 0.182. The third-order valence-corrected chi connectivity index (χ3v) is 5.52. The molecule has 0 spiro atoms. The standard InChI is InChI=1S/C22H15F3N8O/c23-22(24,25)15-5-3-4-14-17(15)29-21(28-16-6-1-2-9-26-20(16)34)33-19(14)30-18(31-33)12-10-27-32(11-12)13-7-8-13/h1-6,9-11,13H,7-8H2,(H,26,28,29,34). The van der Waals surface area contributed by atoms with Crippen LogP contribution in [0.3, 0.4) is 0 Å². The summed E-state index contributed by atoms with van der Waals surface area (Å²) in [5.74, 6) is 0.179. The summed E-state index contributed by atoms with van der Waals surface area (Å²) in [6.45, 7) is 0. The molecule has 6 rings (SSSR count). The lowest BCUT2D eigenvalue weighted by Crippen LogP contribution is -2.13. The molecule has 0 radical (unpaired) electrons. The van der Waals surface area contributed by atoms with E-state index in [1.807, 2.05) is 10.9 Å². The smallest absolute Gasteiger partial charge is 0.319 e. The van der Waals surface area contributed by atoms with Crippen molar-refractivity contribution >= 4 is 28.2 Å². The first kappa shape index (κ1) is 20.3. The van der Waals surface area contributed by atoms with Crippen LogP contribution in [0.4, 0.5) is 24.8 Å². The second-order valence-corrected chi connectivity index (χ2v) is 7.92. The van der Waals surface area contributed by atoms with Gasteiger partial charge in [-0.05, 0) is 37.1 Å². The number of hydrogen-bond donors (Lipinski definition) is 1. The largest absolute Gasteiger partial charge is 0.418 e. The number of nitrogens with one attached hydrogen (secondary N) is 1. The molecule has 4 heterocycles. The molecule has 1 aliphatic carbocycles. The second kappa shape index (κ2) is 7.33. The van der Waals surface area contributed by atoms with Crippen LogP contribution in [0.1, 0.15) is 24.4 Å². The lowest BCUT2D eigenvalue weighted by atomic mass is 10.1. The summed E-state index contributed by atoms with van der Waals surface area (Å²) < 4.78 is 44.4. The van der Waals surface area contributed by atoms with Crippen LogP contribution in [0.2, 0.25) is 0 Å². The molecule has 0 aliphatic heterocycles. The van der Waals surface area contributed by atoms with E-state index < -0.39 is 17.3 Å². The third kappa shape index (κ3) is 3.43. The molecule has 1 fully saturated rings. The summed E-state index contributed by atoms with van der Waals surface area (Å²) in [6, 6.07) is 8.71. The average Bonchev–Trinajstić information content (AvgIpc) is 3.42. The van der Waals surface area contributed by atoms with Gasteiger partial charge in [0.1, 0.15) is 5.69 Å². The number of halogens is 3. The number of nitrogens with zero attached hydrogens (tertiary/aromatic N) is 7. The maximum atomic E-state index is 13.8. The van der Waals surface area contributed by atoms with Crippen LogP contribution in [-0.2, 0) is 6.18 Å². The van der Waals surface area contributed by atoms with E-state index in [0.29, 0.717) is 11.6 Å². The minimum atomic E-state index is -4.64. The highest BCUT2D eigenvalue weighted by Gasteiger charge is 2.34. The molecule has 12 heteroatoms. The monoisotopic (exact) mass is 464 g/mol. The molecule has 0 unspecified atom stereocenters. The van der Waals surface area contributed by atoms with E-state index in [-0.39, 0.29) is 34.0 Å². The van der Waals surface area contributed by atoms with Gasteiger partial charge in [-0.25, -0.2) is 15.0 Å². The van der Waals surface area contributed by atoms with Gasteiger partial charge >= 0.3 is 6.18 Å². The van der Waals surface area contributed by atoms with Crippen LogP contribution in [-0.4, -0.2) is 34.3 Å². The zero-order valence-electron chi connectivity index (χ0n) is 17.4. The number of alkyl halides is 3. The number of fused-ring (bicyclic) bond motifs is 3. The van der Waals surface area contributed by atoms with Gasteiger partial charge in [-0.3, -0.25) is 9.48 Å². The molecule has 1 saturated carbocycles. The Kier molecular flexibility index (Phi) is 4.37. The third-order valence-electron chi connectivity index (χ3n) is 5.52. The van der Waals surface area contributed by atoms with Crippen molar-refractivity contribution in [1.82, 2.24) is 34.3 Å². The van der Waals surface area contributed by atoms with Gasteiger partial charge in [-0.1, -0.05) is 12.1 Å². The Morgan fingerprint density at radius 3 is 2.71 bits per heavy atom. The van der Waals surface area contributed by atoms with E-state index in [0.717, 1.165) is 18.9 Å². The van der Waals surface area contributed by atoms with E-state index in [1.54, 1.807) is 18.3 Å². The predicted octanol–water partition coefficient (Wildman–Crippen LogP) is 3.99. The maximum absolute atomic E-state index is 13.8. The summed E-state index contributed by atoms with van der Waals surface area (Å²) in [6.07, 6.45) is 2.21. The van der Waals surface area contributed by atoms with Crippen molar-refractivity contribution in [1.29, 1.82) is 0 Å². The Bertz CT molecular complexity index is 1620. The normalized spacial score (nSPS) is 14.1. The molecular formula is C22H15F3N8O. The van der Waals surface area contributed by atoms with Gasteiger partial charge in [0.15, 0.2) is 11.5 Å². The summed E-state index contributed by atoms with van der Waals surface area (Å²) in [7, 11) is 0. The lowest BCUT2D eigenvalue weighted by molar-refractivity contribution is -0.136. The highest BCUT2D eigenvalue weighted by molar-refractivity contribution is 5.95. The zero-order valence-corrected chi connectivity index (χ0v) is 17.4. The zero-order chi connectivity index (χ0) is 23.4. The number of para-hydroxylation sites is 1. The number of benzene rings is 1. The minimum Gasteiger partial charge on any atom is -0.319 e. The second-order valence-electron chi connectivity index (χ2n) is 7.92. The van der Waals surface area contributed by atoms with Gasteiger partial charge in [0, 0.05) is 17.8 Å². The van der Waals surface area contributed by atoms with E-state index in [4.69, 9.17) is 0 Å². The molecule has 9 nitrogen and oxygen atoms in total. The van der Waals surface area contributed by atoms with Gasteiger partial charge in [-0.2, -0.15) is 22.8 Å². The van der Waals surface area contributed by atoms with Gasteiger partial charge < -0.3 is 5.32 Å². The highest BCUT2D eigenvalue weighted by Crippen LogP contribution is 2.37. The Morgan fingerprint density at radius 1 is 1.06 bits per heavy atom. The molecular weight excluding hydrogens is 449 g/mol. The van der Waals surface area contributed by atoms with Crippen molar-refractivity contribution in [3.8, 4) is 11.4 Å². The Hall–Kier alpha value is -4.35. The average molecular weight is 464 g/mol. The first-order valence-electron chi connectivity index (χ1n) is 10.4. The molecule has 0 amide bonds. The van der Waals surface area contributed by atoms with Gasteiger partial charge in [0.2, 0.25) is 5.95 Å². The number of anilines is 2. The molecule has 1 N–H and O–H groups in total. The topological polar surface area (TPSA) is 103 Å². The summed E-state index contributed by atoms with van der Waals surface area (Å²) in [5, 5.41) is 11.8. The van der Waals surface area contributed by atoms with E-state index >= 15 is 0 Å². The first-order valence-corrected chi connectivity index (χ1v) is 10.4. The van der Waals surface area contributed by atoms with Crippen molar-refractivity contribution < 1.29 is 13.2 Å². The molecule has 1 aliphatic rings. The van der Waals surface area contributed by atoms with Crippen LogP contribution in [0.5, 0.6) is 0 Å². The van der Waals surface area contributed by atoms with Crippen LogP contribution < -0.4 is 10.9 Å². The van der Waals surface area contributed by atoms with E-state index in [2.05, 4.69) is 30.5 Å². The Morgan fingerprint density at radius 2 is 1.91 bits per heavy atom. The Balaban J connectivity index is 1.60. The van der Waals surface area contributed by atoms with Crippen LogP contribution in [0.15, 0.2) is 59.8 Å². The predicted molar refractivity (Wildman–Crippen MR) is 117 cm³/mol. The molecule has 34 heavy (non-hydrogen) atoms. The van der Waals surface area contributed by atoms with Gasteiger partial charge in [0.25, 0.3) is 5.56 Å². The fourth-order valence-electron chi connectivity index (χ4n) is 3.72. The van der Waals surface area contributed by atoms with Crippen molar-refractivity contribution in [3.63, 3.8) is 0 Å². The molecule has 0 bridgehead atoms. The van der Waals surface area contributed by atoms with Crippen molar-refractivity contribution in [2.45, 2.75) is 25.1 Å². The molecule has 5 aromatic rings. The van der Waals surface area contributed by atoms with Crippen molar-refractivity contribution in [2.24, 2.45) is 0 Å². The minimum absolute atomic E-state index is 0.0289. The first-order chi connectivity index (χ1) is 16.4. The van der Waals surface area contributed by atoms with Gasteiger partial charge in [0.05, 0.1) is 28.9 Å².